The van der Waals surface area contributed by atoms with Crippen LogP contribution in [0, 0.1) is 6.92 Å². The summed E-state index contributed by atoms with van der Waals surface area (Å²) in [5.74, 6) is 0.127. The van der Waals surface area contributed by atoms with Crippen LogP contribution in [0.25, 0.3) is 0 Å². The van der Waals surface area contributed by atoms with Crippen LogP contribution in [0.15, 0.2) is 11.0 Å². The minimum atomic E-state index is -3.89. The Hall–Kier alpha value is -0.870. The number of anilines is 1. The summed E-state index contributed by atoms with van der Waals surface area (Å²) in [7, 11) is 0. The van der Waals surface area contributed by atoms with Gasteiger partial charge in [0.1, 0.15) is 18.1 Å². The van der Waals surface area contributed by atoms with E-state index in [4.69, 9.17) is 15.0 Å². The second-order valence-corrected chi connectivity index (χ2v) is 7.30. The molecule has 0 saturated carbocycles. The van der Waals surface area contributed by atoms with E-state index in [1.165, 1.54) is 10.8 Å². The Labute approximate surface area is 125 Å². The van der Waals surface area contributed by atoms with Gasteiger partial charge in [0.25, 0.3) is 0 Å². The van der Waals surface area contributed by atoms with Crippen molar-refractivity contribution in [3.63, 3.8) is 0 Å². The zero-order valence-corrected chi connectivity index (χ0v) is 12.8. The zero-order valence-electron chi connectivity index (χ0n) is 11.1. The summed E-state index contributed by atoms with van der Waals surface area (Å²) in [6.45, 7) is -2.62. The van der Waals surface area contributed by atoms with E-state index in [1.54, 1.807) is 6.92 Å². The van der Waals surface area contributed by atoms with Gasteiger partial charge in [0.15, 0.2) is 0 Å². The first-order chi connectivity index (χ1) is 9.71. The highest BCUT2D eigenvalue weighted by molar-refractivity contribution is 8.06. The average Bonchev–Trinajstić information content (AvgIpc) is 2.74. The van der Waals surface area contributed by atoms with Gasteiger partial charge in [-0.25, -0.2) is 4.79 Å². The van der Waals surface area contributed by atoms with E-state index < -0.39 is 37.5 Å². The number of nitrogens with two attached hydrogens (primary N) is 1. The van der Waals surface area contributed by atoms with Gasteiger partial charge in [-0.15, -0.1) is 0 Å². The Kier molecular flexibility index (Phi) is 4.79. The molecular formula is C10H16N3O6PS. The molecule has 0 radical (unpaired) electrons. The fourth-order valence-electron chi connectivity index (χ4n) is 2.11. The molecule has 11 heteroatoms. The van der Waals surface area contributed by atoms with Gasteiger partial charge < -0.3 is 29.9 Å². The van der Waals surface area contributed by atoms with Crippen LogP contribution >= 0.6 is 6.72 Å². The lowest BCUT2D eigenvalue weighted by atomic mass is 10.2. The maximum atomic E-state index is 11.8. The maximum Gasteiger partial charge on any atom is 0.351 e. The molecule has 9 nitrogen and oxygen atoms in total. The maximum absolute atomic E-state index is 11.8. The third-order valence-electron chi connectivity index (χ3n) is 3.12. The number of hydrogen-bond acceptors (Lipinski definition) is 7. The van der Waals surface area contributed by atoms with Crippen molar-refractivity contribution in [3.8, 4) is 0 Å². The molecule has 118 valence electrons. The monoisotopic (exact) mass is 337 g/mol. The highest BCUT2D eigenvalue weighted by Crippen LogP contribution is 2.43. The summed E-state index contributed by atoms with van der Waals surface area (Å²) in [6.07, 6.45) is -0.796. The van der Waals surface area contributed by atoms with Gasteiger partial charge in [-0.05, 0) is 18.7 Å². The van der Waals surface area contributed by atoms with Crippen molar-refractivity contribution in [1.82, 2.24) is 9.55 Å². The molecule has 0 aliphatic carbocycles. The summed E-state index contributed by atoms with van der Waals surface area (Å²) in [5.41, 5.74) is 5.54. The third kappa shape index (κ3) is 3.86. The van der Waals surface area contributed by atoms with Crippen LogP contribution < -0.4 is 11.4 Å². The van der Waals surface area contributed by atoms with Crippen molar-refractivity contribution in [1.29, 1.82) is 0 Å². The number of aliphatic hydroxyl groups is 1. The molecular weight excluding hydrogens is 321 g/mol. The van der Waals surface area contributed by atoms with Gasteiger partial charge in [0.2, 0.25) is 0 Å². The molecule has 5 N–H and O–H groups in total. The van der Waals surface area contributed by atoms with Gasteiger partial charge in [0.05, 0.1) is 12.7 Å². The molecule has 1 aliphatic rings. The smallest absolute Gasteiger partial charge is 0.351 e. The fourth-order valence-corrected chi connectivity index (χ4v) is 3.01. The summed E-state index contributed by atoms with van der Waals surface area (Å²) in [4.78, 5) is 33.9. The van der Waals surface area contributed by atoms with Crippen LogP contribution in [-0.2, 0) is 21.1 Å². The minimum absolute atomic E-state index is 0.121. The Balaban J connectivity index is 2.25. The molecule has 2 heterocycles. The SMILES string of the molecule is Cc1cn([C@H]2C[C@@H](OP(O)(O)=S)[C@@H](CO)O2)c(=O)nc1N. The molecule has 2 rings (SSSR count). The second kappa shape index (κ2) is 6.09. The van der Waals surface area contributed by atoms with E-state index in [-0.39, 0.29) is 12.2 Å². The van der Waals surface area contributed by atoms with Crippen molar-refractivity contribution in [3.05, 3.63) is 22.2 Å². The largest absolute Gasteiger partial charge is 0.394 e. The van der Waals surface area contributed by atoms with E-state index in [0.717, 1.165) is 0 Å². The number of aromatic nitrogens is 2. The van der Waals surface area contributed by atoms with E-state index in [1.807, 2.05) is 0 Å². The Morgan fingerprint density at radius 3 is 2.90 bits per heavy atom. The summed E-state index contributed by atoms with van der Waals surface area (Å²) in [6, 6.07) is 0. The molecule has 1 aromatic rings. The Bertz CT molecular complexity index is 632. The molecule has 1 aromatic heterocycles. The summed E-state index contributed by atoms with van der Waals surface area (Å²) < 4.78 is 11.6. The van der Waals surface area contributed by atoms with Crippen molar-refractivity contribution < 1.29 is 24.2 Å². The predicted molar refractivity (Wildman–Crippen MR) is 76.9 cm³/mol. The molecule has 0 amide bonds. The second-order valence-electron chi connectivity index (χ2n) is 4.68. The van der Waals surface area contributed by atoms with E-state index in [9.17, 15) is 19.7 Å². The van der Waals surface area contributed by atoms with Crippen molar-refractivity contribution in [2.45, 2.75) is 31.8 Å². The number of ether oxygens (including phenoxy) is 1. The summed E-state index contributed by atoms with van der Waals surface area (Å²) in [5, 5.41) is 9.25. The quantitative estimate of drug-likeness (QED) is 0.510. The van der Waals surface area contributed by atoms with Gasteiger partial charge in [0, 0.05) is 18.2 Å². The molecule has 1 saturated heterocycles. The first-order valence-electron chi connectivity index (χ1n) is 6.07. The van der Waals surface area contributed by atoms with Crippen LogP contribution in [-0.4, -0.2) is 43.3 Å². The molecule has 0 bridgehead atoms. The normalized spacial score (nSPS) is 26.2. The molecule has 1 aliphatic heterocycles. The molecule has 0 spiro atoms. The highest BCUT2D eigenvalue weighted by atomic mass is 32.5. The molecule has 1 fully saturated rings. The van der Waals surface area contributed by atoms with Crippen molar-refractivity contribution >= 4 is 24.3 Å². The number of aryl methyl sites for hydroxylation is 1. The standard InChI is InChI=1S/C10H16N3O6PS/c1-5-3-13(10(15)12-9(5)11)8-2-6(7(4-14)18-8)19-20(16,17)21/h3,6-8,14H,2,4H2,1H3,(H2,11,12,15)(H2,16,17,21)/t6-,7-,8-/m1/s1. The number of rotatable bonds is 4. The lowest BCUT2D eigenvalue weighted by Crippen LogP contribution is -2.28. The van der Waals surface area contributed by atoms with Crippen LogP contribution in [0.2, 0.25) is 0 Å². The van der Waals surface area contributed by atoms with Crippen LogP contribution in [0.3, 0.4) is 0 Å². The molecule has 0 aromatic carbocycles. The first-order valence-corrected chi connectivity index (χ1v) is 8.69. The first kappa shape index (κ1) is 16.5. The van der Waals surface area contributed by atoms with Gasteiger partial charge in [-0.3, -0.25) is 4.57 Å². The average molecular weight is 337 g/mol. The van der Waals surface area contributed by atoms with Gasteiger partial charge in [-0.2, -0.15) is 4.98 Å². The van der Waals surface area contributed by atoms with Crippen LogP contribution in [0.4, 0.5) is 5.82 Å². The zero-order chi connectivity index (χ0) is 15.8. The predicted octanol–water partition coefficient (Wildman–Crippen LogP) is -0.992. The number of nitrogen functional groups attached to an aromatic ring is 1. The summed E-state index contributed by atoms with van der Waals surface area (Å²) >= 11 is 4.41. The van der Waals surface area contributed by atoms with Crippen LogP contribution in [0.5, 0.6) is 0 Å². The lowest BCUT2D eigenvalue weighted by molar-refractivity contribution is -0.0434. The van der Waals surface area contributed by atoms with E-state index in [0.29, 0.717) is 5.56 Å². The van der Waals surface area contributed by atoms with E-state index >= 15 is 0 Å². The van der Waals surface area contributed by atoms with Crippen LogP contribution in [0.1, 0.15) is 18.2 Å². The molecule has 21 heavy (non-hydrogen) atoms. The molecule has 3 atom stereocenters. The Morgan fingerprint density at radius 2 is 2.33 bits per heavy atom. The highest BCUT2D eigenvalue weighted by Gasteiger charge is 2.39. The van der Waals surface area contributed by atoms with Gasteiger partial charge >= 0.3 is 12.4 Å². The minimum Gasteiger partial charge on any atom is -0.394 e. The van der Waals surface area contributed by atoms with E-state index in [2.05, 4.69) is 16.8 Å². The number of nitrogens with zero attached hydrogens (tertiary/aromatic N) is 2. The number of hydrogen-bond donors (Lipinski definition) is 4. The van der Waals surface area contributed by atoms with Gasteiger partial charge in [-0.1, -0.05) is 0 Å². The fraction of sp³-hybridized carbons (Fsp3) is 0.600. The third-order valence-corrected chi connectivity index (χ3v) is 3.92. The van der Waals surface area contributed by atoms with Crippen molar-refractivity contribution in [2.75, 3.05) is 12.3 Å². The van der Waals surface area contributed by atoms with Crippen molar-refractivity contribution in [2.24, 2.45) is 0 Å². The molecule has 0 unspecified atom stereocenters. The lowest BCUT2D eigenvalue weighted by Gasteiger charge is -2.18. The Morgan fingerprint density at radius 1 is 1.67 bits per heavy atom. The number of aliphatic hydroxyl groups excluding tert-OH is 1. The topological polar surface area (TPSA) is 140 Å².